The van der Waals surface area contributed by atoms with Crippen LogP contribution >= 0.6 is 27.3 Å². The van der Waals surface area contributed by atoms with Crippen molar-refractivity contribution in [3.63, 3.8) is 0 Å². The molecule has 0 saturated carbocycles. The van der Waals surface area contributed by atoms with E-state index in [1.54, 1.807) is 11.3 Å². The SMILES string of the molecule is CNC(c1cc(Br)cs1)C(C)(C)C#N. The van der Waals surface area contributed by atoms with E-state index in [9.17, 15) is 0 Å². The van der Waals surface area contributed by atoms with Crippen LogP contribution in [-0.2, 0) is 0 Å². The van der Waals surface area contributed by atoms with Gasteiger partial charge in [-0.3, -0.25) is 0 Å². The maximum atomic E-state index is 9.07. The summed E-state index contributed by atoms with van der Waals surface area (Å²) in [6.07, 6.45) is 0. The molecule has 0 aliphatic rings. The maximum Gasteiger partial charge on any atom is 0.0720 e. The van der Waals surface area contributed by atoms with Gasteiger partial charge in [0.25, 0.3) is 0 Å². The largest absolute Gasteiger partial charge is 0.311 e. The van der Waals surface area contributed by atoms with Gasteiger partial charge in [-0.1, -0.05) is 0 Å². The van der Waals surface area contributed by atoms with Crippen LogP contribution in [0.4, 0.5) is 0 Å². The average molecular weight is 273 g/mol. The first-order valence-corrected chi connectivity index (χ1v) is 6.01. The highest BCUT2D eigenvalue weighted by atomic mass is 79.9. The van der Waals surface area contributed by atoms with Gasteiger partial charge in [0.15, 0.2) is 0 Å². The molecule has 0 saturated heterocycles. The summed E-state index contributed by atoms with van der Waals surface area (Å²) in [5.41, 5.74) is -0.390. The average Bonchev–Trinajstić information content (AvgIpc) is 2.53. The summed E-state index contributed by atoms with van der Waals surface area (Å²) in [7, 11) is 1.89. The molecule has 0 amide bonds. The van der Waals surface area contributed by atoms with Crippen LogP contribution in [0.2, 0.25) is 0 Å². The molecule has 76 valence electrons. The van der Waals surface area contributed by atoms with Gasteiger partial charge < -0.3 is 5.32 Å². The van der Waals surface area contributed by atoms with E-state index in [0.717, 1.165) is 4.47 Å². The Morgan fingerprint density at radius 2 is 2.29 bits per heavy atom. The van der Waals surface area contributed by atoms with E-state index in [0.29, 0.717) is 0 Å². The number of nitrogens with zero attached hydrogens (tertiary/aromatic N) is 1. The lowest BCUT2D eigenvalue weighted by molar-refractivity contribution is 0.349. The summed E-state index contributed by atoms with van der Waals surface area (Å²) in [6, 6.07) is 4.48. The molecule has 4 heteroatoms. The number of hydrogen-bond acceptors (Lipinski definition) is 3. The lowest BCUT2D eigenvalue weighted by Crippen LogP contribution is -2.30. The van der Waals surface area contributed by atoms with E-state index in [4.69, 9.17) is 5.26 Å². The second kappa shape index (κ2) is 4.43. The van der Waals surface area contributed by atoms with Crippen LogP contribution in [0.5, 0.6) is 0 Å². The predicted molar refractivity (Wildman–Crippen MR) is 63.2 cm³/mol. The zero-order valence-corrected chi connectivity index (χ0v) is 10.9. The minimum Gasteiger partial charge on any atom is -0.311 e. The Labute approximate surface area is 97.1 Å². The summed E-state index contributed by atoms with van der Waals surface area (Å²) in [5, 5.41) is 14.3. The second-order valence-corrected chi connectivity index (χ2v) is 5.58. The molecule has 0 spiro atoms. The Hall–Kier alpha value is -0.370. The Balaban J connectivity index is 3.00. The van der Waals surface area contributed by atoms with Crippen molar-refractivity contribution in [2.45, 2.75) is 19.9 Å². The van der Waals surface area contributed by atoms with E-state index >= 15 is 0 Å². The van der Waals surface area contributed by atoms with Crippen LogP contribution in [0.25, 0.3) is 0 Å². The zero-order valence-electron chi connectivity index (χ0n) is 8.47. The zero-order chi connectivity index (χ0) is 10.8. The highest BCUT2D eigenvalue weighted by Gasteiger charge is 2.30. The third-order valence-electron chi connectivity index (χ3n) is 2.17. The van der Waals surface area contributed by atoms with Crippen molar-refractivity contribution < 1.29 is 0 Å². The highest BCUT2D eigenvalue weighted by Crippen LogP contribution is 2.36. The first-order chi connectivity index (χ1) is 6.51. The van der Waals surface area contributed by atoms with Crippen molar-refractivity contribution in [1.29, 1.82) is 5.26 Å². The quantitative estimate of drug-likeness (QED) is 0.917. The maximum absolute atomic E-state index is 9.07. The molecule has 1 rings (SSSR count). The van der Waals surface area contributed by atoms with Crippen LogP contribution in [0.1, 0.15) is 24.8 Å². The number of thiophene rings is 1. The van der Waals surface area contributed by atoms with E-state index in [2.05, 4.69) is 33.4 Å². The molecule has 2 nitrogen and oxygen atoms in total. The van der Waals surface area contributed by atoms with Crippen molar-refractivity contribution in [1.82, 2.24) is 5.32 Å². The van der Waals surface area contributed by atoms with Crippen molar-refractivity contribution in [2.24, 2.45) is 5.41 Å². The number of rotatable bonds is 3. The fraction of sp³-hybridized carbons (Fsp3) is 0.500. The molecule has 14 heavy (non-hydrogen) atoms. The molecule has 0 radical (unpaired) electrons. The summed E-state index contributed by atoms with van der Waals surface area (Å²) >= 11 is 5.08. The lowest BCUT2D eigenvalue weighted by atomic mass is 9.85. The number of nitrogens with one attached hydrogen (secondary N) is 1. The normalized spacial score (nSPS) is 13.6. The van der Waals surface area contributed by atoms with Crippen LogP contribution < -0.4 is 5.32 Å². The molecule has 0 bridgehead atoms. The molecular weight excluding hydrogens is 260 g/mol. The van der Waals surface area contributed by atoms with Gasteiger partial charge in [0.2, 0.25) is 0 Å². The number of nitriles is 1. The molecule has 1 heterocycles. The molecule has 0 aromatic carbocycles. The van der Waals surface area contributed by atoms with E-state index in [1.807, 2.05) is 26.3 Å². The smallest absolute Gasteiger partial charge is 0.0720 e. The summed E-state index contributed by atoms with van der Waals surface area (Å²) in [6.45, 7) is 3.89. The van der Waals surface area contributed by atoms with Gasteiger partial charge in [-0.05, 0) is 42.9 Å². The lowest BCUT2D eigenvalue weighted by Gasteiger charge is -2.26. The Bertz CT molecular complexity index is 351. The second-order valence-electron chi connectivity index (χ2n) is 3.72. The monoisotopic (exact) mass is 272 g/mol. The minimum atomic E-state index is -0.390. The van der Waals surface area contributed by atoms with Crippen LogP contribution in [-0.4, -0.2) is 7.05 Å². The van der Waals surface area contributed by atoms with Crippen molar-refractivity contribution in [3.05, 3.63) is 20.8 Å². The summed E-state index contributed by atoms with van der Waals surface area (Å²) < 4.78 is 1.08. The van der Waals surface area contributed by atoms with Gasteiger partial charge in [-0.15, -0.1) is 11.3 Å². The third kappa shape index (κ3) is 2.35. The van der Waals surface area contributed by atoms with E-state index in [-0.39, 0.29) is 11.5 Å². The predicted octanol–water partition coefficient (Wildman–Crippen LogP) is 3.32. The first kappa shape index (κ1) is 11.7. The number of hydrogen-bond donors (Lipinski definition) is 1. The first-order valence-electron chi connectivity index (χ1n) is 4.33. The molecule has 1 unspecified atom stereocenters. The molecule has 0 aliphatic heterocycles. The van der Waals surface area contributed by atoms with Gasteiger partial charge >= 0.3 is 0 Å². The van der Waals surface area contributed by atoms with Crippen LogP contribution in [0.3, 0.4) is 0 Å². The molecule has 1 aromatic heterocycles. The van der Waals surface area contributed by atoms with E-state index in [1.165, 1.54) is 4.88 Å². The van der Waals surface area contributed by atoms with Gasteiger partial charge in [-0.25, -0.2) is 0 Å². The summed E-state index contributed by atoms with van der Waals surface area (Å²) in [5.74, 6) is 0. The van der Waals surface area contributed by atoms with Crippen LogP contribution in [0.15, 0.2) is 15.9 Å². The third-order valence-corrected chi connectivity index (χ3v) is 3.93. The van der Waals surface area contributed by atoms with Crippen molar-refractivity contribution in [3.8, 4) is 6.07 Å². The topological polar surface area (TPSA) is 35.8 Å². The van der Waals surface area contributed by atoms with E-state index < -0.39 is 0 Å². The standard InChI is InChI=1S/C10H13BrN2S/c1-10(2,6-12)9(13-3)8-4-7(11)5-14-8/h4-5,9,13H,1-3H3. The van der Waals surface area contributed by atoms with Crippen LogP contribution in [0, 0.1) is 16.7 Å². The summed E-state index contributed by atoms with van der Waals surface area (Å²) in [4.78, 5) is 1.19. The molecule has 0 fully saturated rings. The molecular formula is C10H13BrN2S. The number of halogens is 1. The van der Waals surface area contributed by atoms with Gasteiger partial charge in [0, 0.05) is 14.7 Å². The highest BCUT2D eigenvalue weighted by molar-refractivity contribution is 9.10. The van der Waals surface area contributed by atoms with Gasteiger partial charge in [0.1, 0.15) is 0 Å². The molecule has 0 aliphatic carbocycles. The molecule has 1 aromatic rings. The van der Waals surface area contributed by atoms with Gasteiger partial charge in [-0.2, -0.15) is 5.26 Å². The van der Waals surface area contributed by atoms with Gasteiger partial charge in [0.05, 0.1) is 17.5 Å². The van der Waals surface area contributed by atoms with Crippen molar-refractivity contribution >= 4 is 27.3 Å². The fourth-order valence-corrected chi connectivity index (χ4v) is 3.14. The molecule has 1 N–H and O–H groups in total. The molecule has 1 atom stereocenters. The Morgan fingerprint density at radius 3 is 2.64 bits per heavy atom. The fourth-order valence-electron chi connectivity index (χ4n) is 1.40. The Kier molecular flexibility index (Phi) is 3.71. The minimum absolute atomic E-state index is 0.0869. The van der Waals surface area contributed by atoms with Crippen molar-refractivity contribution in [2.75, 3.05) is 7.05 Å². The Morgan fingerprint density at radius 1 is 1.64 bits per heavy atom.